The van der Waals surface area contributed by atoms with Crippen molar-refractivity contribution in [3.05, 3.63) is 119 Å². The monoisotopic (exact) mass is 494 g/mol. The van der Waals surface area contributed by atoms with Crippen molar-refractivity contribution in [3.63, 3.8) is 0 Å². The molecule has 2 aliphatic heterocycles. The average Bonchev–Trinajstić information content (AvgIpc) is 2.99. The fourth-order valence-corrected chi connectivity index (χ4v) is 4.56. The number of nitrogens with zero attached hydrogens (tertiary/aromatic N) is 2. The zero-order valence-electron chi connectivity index (χ0n) is 22.5. The summed E-state index contributed by atoms with van der Waals surface area (Å²) < 4.78 is 11.8. The van der Waals surface area contributed by atoms with Crippen LogP contribution in [0.4, 0.5) is 11.4 Å². The van der Waals surface area contributed by atoms with Gasteiger partial charge in [-0.15, -0.1) is 0 Å². The van der Waals surface area contributed by atoms with Crippen LogP contribution >= 0.6 is 0 Å². The lowest BCUT2D eigenvalue weighted by molar-refractivity contribution is 0.289. The fourth-order valence-electron chi connectivity index (χ4n) is 4.56. The molecule has 4 aromatic rings. The number of rotatable bonds is 4. The topological polar surface area (TPSA) is 24.9 Å². The third-order valence-corrected chi connectivity index (χ3v) is 6.43. The Labute approximate surface area is 222 Å². The second kappa shape index (κ2) is 12.9. The first-order chi connectivity index (χ1) is 18.3. The summed E-state index contributed by atoms with van der Waals surface area (Å²) in [5.41, 5.74) is 7.45. The van der Waals surface area contributed by atoms with E-state index in [0.29, 0.717) is 13.5 Å². The van der Waals surface area contributed by atoms with Gasteiger partial charge < -0.3 is 19.3 Å². The van der Waals surface area contributed by atoms with Gasteiger partial charge >= 0.3 is 0 Å². The Morgan fingerprint density at radius 3 is 1.30 bits per heavy atom. The van der Waals surface area contributed by atoms with E-state index in [-0.39, 0.29) is 0 Å². The lowest BCUT2D eigenvalue weighted by Gasteiger charge is -2.31. The van der Waals surface area contributed by atoms with Gasteiger partial charge in [0, 0.05) is 35.6 Å². The molecule has 2 aliphatic rings. The van der Waals surface area contributed by atoms with Gasteiger partial charge in [-0.2, -0.15) is 0 Å². The summed E-state index contributed by atoms with van der Waals surface area (Å²) in [6.45, 7) is 10.9. The summed E-state index contributed by atoms with van der Waals surface area (Å²) in [6.07, 6.45) is 0.916. The Hall–Kier alpha value is -3.92. The molecule has 192 valence electrons. The van der Waals surface area contributed by atoms with Crippen molar-refractivity contribution in [1.82, 2.24) is 0 Å². The molecule has 0 amide bonds. The molecule has 0 unspecified atom stereocenters. The first-order valence-electron chi connectivity index (χ1n) is 13.4. The molecule has 0 atom stereocenters. The molecule has 0 saturated heterocycles. The van der Waals surface area contributed by atoms with Crippen molar-refractivity contribution in [1.29, 1.82) is 0 Å². The van der Waals surface area contributed by atoms with E-state index in [1.807, 2.05) is 52.0 Å². The first-order valence-corrected chi connectivity index (χ1v) is 13.4. The summed E-state index contributed by atoms with van der Waals surface area (Å²) in [6, 6.07) is 34.2. The zero-order valence-corrected chi connectivity index (χ0v) is 22.5. The number of anilines is 2. The SMILES string of the molecule is CC.CC.c1ccc2c(c1)CN(c1ccc(Cc3ccc(N4COc5ccccc5C4)cc3)cc1)CO2. The molecule has 2 heterocycles. The lowest BCUT2D eigenvalue weighted by Crippen LogP contribution is -2.31. The molecule has 0 aromatic heterocycles. The van der Waals surface area contributed by atoms with Crippen molar-refractivity contribution in [2.45, 2.75) is 47.2 Å². The smallest absolute Gasteiger partial charge is 0.161 e. The Kier molecular flexibility index (Phi) is 9.09. The van der Waals surface area contributed by atoms with Crippen molar-refractivity contribution in [2.24, 2.45) is 0 Å². The van der Waals surface area contributed by atoms with Gasteiger partial charge in [0.2, 0.25) is 0 Å². The van der Waals surface area contributed by atoms with E-state index < -0.39 is 0 Å². The Morgan fingerprint density at radius 2 is 0.892 bits per heavy atom. The maximum atomic E-state index is 5.91. The first kappa shape index (κ1) is 26.2. The molecular weight excluding hydrogens is 456 g/mol. The molecule has 6 rings (SSSR count). The molecule has 4 aromatic carbocycles. The molecule has 0 aliphatic carbocycles. The second-order valence-corrected chi connectivity index (χ2v) is 8.67. The van der Waals surface area contributed by atoms with Gasteiger partial charge in [0.05, 0.1) is 0 Å². The van der Waals surface area contributed by atoms with Gasteiger partial charge in [0.25, 0.3) is 0 Å². The summed E-state index contributed by atoms with van der Waals surface area (Å²) >= 11 is 0. The highest BCUT2D eigenvalue weighted by atomic mass is 16.5. The minimum atomic E-state index is 0.586. The summed E-state index contributed by atoms with van der Waals surface area (Å²) in [7, 11) is 0. The number of ether oxygens (including phenoxy) is 2. The quantitative estimate of drug-likeness (QED) is 0.287. The van der Waals surface area contributed by atoms with Crippen LogP contribution in [0.5, 0.6) is 11.5 Å². The standard InChI is InChI=1S/C29H26N2O2.2C2H6/c1-3-7-28-24(5-1)18-30(20-32-28)26-13-9-22(10-14-26)17-23-11-15-27(16-12-23)31-19-25-6-2-4-8-29(25)33-21-31;2*1-2/h1-16H,17-21H2;2*1-2H3. The number of para-hydroxylation sites is 2. The largest absolute Gasteiger partial charge is 0.473 e. The Morgan fingerprint density at radius 1 is 0.514 bits per heavy atom. The Bertz CT molecular complexity index is 1150. The summed E-state index contributed by atoms with van der Waals surface area (Å²) in [5, 5.41) is 0. The highest BCUT2D eigenvalue weighted by molar-refractivity contribution is 5.53. The molecule has 0 radical (unpaired) electrons. The summed E-state index contributed by atoms with van der Waals surface area (Å²) in [5.74, 6) is 1.99. The van der Waals surface area contributed by atoms with E-state index in [0.717, 1.165) is 31.0 Å². The molecule has 0 fully saturated rings. The van der Waals surface area contributed by atoms with Crippen LogP contribution in [0.3, 0.4) is 0 Å². The van der Waals surface area contributed by atoms with E-state index in [9.17, 15) is 0 Å². The van der Waals surface area contributed by atoms with Crippen molar-refractivity contribution >= 4 is 11.4 Å². The molecule has 0 spiro atoms. The van der Waals surface area contributed by atoms with E-state index in [1.165, 1.54) is 33.6 Å². The predicted molar refractivity (Wildman–Crippen MR) is 155 cm³/mol. The predicted octanol–water partition coefficient (Wildman–Crippen LogP) is 8.04. The average molecular weight is 495 g/mol. The van der Waals surface area contributed by atoms with Gasteiger partial charge in [-0.1, -0.05) is 88.4 Å². The van der Waals surface area contributed by atoms with Gasteiger partial charge in [-0.05, 0) is 53.9 Å². The fraction of sp³-hybridized carbons (Fsp3) is 0.273. The van der Waals surface area contributed by atoms with Gasteiger partial charge in [0.1, 0.15) is 11.5 Å². The molecule has 0 N–H and O–H groups in total. The van der Waals surface area contributed by atoms with E-state index >= 15 is 0 Å². The highest BCUT2D eigenvalue weighted by Crippen LogP contribution is 2.30. The van der Waals surface area contributed by atoms with Crippen LogP contribution in [-0.4, -0.2) is 13.5 Å². The third kappa shape index (κ3) is 6.26. The van der Waals surface area contributed by atoms with Crippen LogP contribution in [0, 0.1) is 0 Å². The maximum Gasteiger partial charge on any atom is 0.161 e. The molecule has 37 heavy (non-hydrogen) atoms. The molecule has 0 bridgehead atoms. The van der Waals surface area contributed by atoms with Crippen LogP contribution < -0.4 is 19.3 Å². The van der Waals surface area contributed by atoms with Crippen LogP contribution in [0.1, 0.15) is 49.9 Å². The van der Waals surface area contributed by atoms with Crippen LogP contribution in [0.25, 0.3) is 0 Å². The van der Waals surface area contributed by atoms with Gasteiger partial charge in [-0.3, -0.25) is 0 Å². The normalized spacial score (nSPS) is 13.4. The van der Waals surface area contributed by atoms with Crippen molar-refractivity contribution in [3.8, 4) is 11.5 Å². The van der Waals surface area contributed by atoms with Crippen LogP contribution in [0.2, 0.25) is 0 Å². The molecule has 4 nitrogen and oxygen atoms in total. The maximum absolute atomic E-state index is 5.91. The number of benzene rings is 4. The highest BCUT2D eigenvalue weighted by Gasteiger charge is 2.18. The number of hydrogen-bond acceptors (Lipinski definition) is 4. The van der Waals surface area contributed by atoms with Crippen LogP contribution in [0.15, 0.2) is 97.1 Å². The molecule has 0 saturated carbocycles. The van der Waals surface area contributed by atoms with Crippen molar-refractivity contribution < 1.29 is 9.47 Å². The van der Waals surface area contributed by atoms with Gasteiger partial charge in [-0.25, -0.2) is 0 Å². The minimum Gasteiger partial charge on any atom is -0.473 e. The lowest BCUT2D eigenvalue weighted by atomic mass is 10.0. The minimum absolute atomic E-state index is 0.586. The number of hydrogen-bond donors (Lipinski definition) is 0. The Balaban J connectivity index is 0.000000765. The third-order valence-electron chi connectivity index (χ3n) is 6.43. The summed E-state index contributed by atoms with van der Waals surface area (Å²) in [4.78, 5) is 4.53. The van der Waals surface area contributed by atoms with E-state index in [4.69, 9.17) is 9.47 Å². The van der Waals surface area contributed by atoms with Gasteiger partial charge in [0.15, 0.2) is 13.5 Å². The molecule has 4 heteroatoms. The second-order valence-electron chi connectivity index (χ2n) is 8.67. The van der Waals surface area contributed by atoms with E-state index in [1.54, 1.807) is 0 Å². The molecular formula is C33H38N2O2. The van der Waals surface area contributed by atoms with Crippen LogP contribution in [-0.2, 0) is 19.5 Å². The van der Waals surface area contributed by atoms with Crippen molar-refractivity contribution in [2.75, 3.05) is 23.3 Å². The van der Waals surface area contributed by atoms with E-state index in [2.05, 4.69) is 82.6 Å². The number of fused-ring (bicyclic) bond motifs is 2. The zero-order chi connectivity index (χ0) is 26.0.